The number of anilines is 1. The molecule has 1 aromatic heterocycles. The lowest BCUT2D eigenvalue weighted by molar-refractivity contribution is -0.130. The molecule has 0 atom stereocenters. The summed E-state index contributed by atoms with van der Waals surface area (Å²) >= 11 is 1.75. The fraction of sp³-hybridized carbons (Fsp3) is 0.353. The van der Waals surface area contributed by atoms with Crippen LogP contribution in [0.4, 0.5) is 5.69 Å². The number of fused-ring (bicyclic) bond motifs is 1. The first-order chi connectivity index (χ1) is 11.4. The van der Waals surface area contributed by atoms with Crippen LogP contribution in [0.3, 0.4) is 0 Å². The zero-order valence-corrected chi connectivity index (χ0v) is 15.1. The molecule has 1 amide bonds. The van der Waals surface area contributed by atoms with Crippen molar-refractivity contribution in [1.29, 1.82) is 0 Å². The van der Waals surface area contributed by atoms with Gasteiger partial charge in [-0.15, -0.1) is 11.3 Å². The maximum Gasteiger partial charge on any atom is 0.242 e. The van der Waals surface area contributed by atoms with Crippen molar-refractivity contribution in [3.05, 3.63) is 51.7 Å². The Labute approximate surface area is 146 Å². The van der Waals surface area contributed by atoms with Crippen LogP contribution in [0.5, 0.6) is 0 Å². The second-order valence-corrected chi connectivity index (χ2v) is 9.16. The molecule has 1 aromatic carbocycles. The predicted octanol–water partition coefficient (Wildman–Crippen LogP) is 2.29. The molecule has 1 N–H and O–H groups in total. The Hall–Kier alpha value is -1.86. The average molecular weight is 364 g/mol. The van der Waals surface area contributed by atoms with Crippen molar-refractivity contribution in [2.75, 3.05) is 24.7 Å². The normalized spacial score (nSPS) is 14.3. The molecule has 0 bridgehead atoms. The number of carbonyl (C=O) groups excluding carboxylic acids is 1. The van der Waals surface area contributed by atoms with Gasteiger partial charge in [-0.2, -0.15) is 0 Å². The van der Waals surface area contributed by atoms with Crippen LogP contribution in [0.1, 0.15) is 16.0 Å². The Balaban J connectivity index is 1.63. The Kier molecular flexibility index (Phi) is 4.91. The number of carbonyl (C=O) groups is 1. The van der Waals surface area contributed by atoms with Crippen LogP contribution in [0.25, 0.3) is 0 Å². The lowest BCUT2D eigenvalue weighted by atomic mass is 10.1. The Bertz CT molecular complexity index is 843. The minimum atomic E-state index is -3.12. The SMILES string of the molecule is CS(=O)(=O)Cc1ccccc1NCC(=O)N1CCc2sccc2C1. The lowest BCUT2D eigenvalue weighted by Crippen LogP contribution is -2.38. The van der Waals surface area contributed by atoms with Gasteiger partial charge in [0.1, 0.15) is 0 Å². The van der Waals surface area contributed by atoms with Crippen LogP contribution < -0.4 is 5.32 Å². The van der Waals surface area contributed by atoms with Gasteiger partial charge in [0, 0.05) is 29.9 Å². The average Bonchev–Trinajstić information content (AvgIpc) is 2.99. The lowest BCUT2D eigenvalue weighted by Gasteiger charge is -2.27. The van der Waals surface area contributed by atoms with Crippen molar-refractivity contribution in [3.63, 3.8) is 0 Å². The number of rotatable bonds is 5. The first kappa shape index (κ1) is 17.0. The van der Waals surface area contributed by atoms with E-state index in [1.807, 2.05) is 11.0 Å². The number of hydrogen-bond donors (Lipinski definition) is 1. The summed E-state index contributed by atoms with van der Waals surface area (Å²) in [6, 6.07) is 9.29. The predicted molar refractivity (Wildman–Crippen MR) is 96.9 cm³/mol. The third-order valence-electron chi connectivity index (χ3n) is 4.03. The van der Waals surface area contributed by atoms with E-state index in [0.29, 0.717) is 17.8 Å². The zero-order valence-electron chi connectivity index (χ0n) is 13.5. The Morgan fingerprint density at radius 3 is 2.88 bits per heavy atom. The molecular weight excluding hydrogens is 344 g/mol. The van der Waals surface area contributed by atoms with Gasteiger partial charge < -0.3 is 10.2 Å². The molecule has 3 rings (SSSR count). The third-order valence-corrected chi connectivity index (χ3v) is 5.88. The van der Waals surface area contributed by atoms with E-state index >= 15 is 0 Å². The molecule has 0 saturated heterocycles. The number of amides is 1. The molecule has 0 spiro atoms. The summed E-state index contributed by atoms with van der Waals surface area (Å²) < 4.78 is 23.1. The molecule has 1 aliphatic rings. The van der Waals surface area contributed by atoms with Gasteiger partial charge in [-0.1, -0.05) is 18.2 Å². The van der Waals surface area contributed by atoms with Crippen LogP contribution in [-0.2, 0) is 33.4 Å². The topological polar surface area (TPSA) is 66.5 Å². The van der Waals surface area contributed by atoms with E-state index in [2.05, 4.69) is 16.8 Å². The summed E-state index contributed by atoms with van der Waals surface area (Å²) in [6.07, 6.45) is 2.12. The van der Waals surface area contributed by atoms with Gasteiger partial charge in [-0.3, -0.25) is 4.79 Å². The fourth-order valence-corrected chi connectivity index (χ4v) is 4.55. The highest BCUT2D eigenvalue weighted by Gasteiger charge is 2.21. The summed E-state index contributed by atoms with van der Waals surface area (Å²) in [5.41, 5.74) is 2.62. The van der Waals surface area contributed by atoms with E-state index in [9.17, 15) is 13.2 Å². The molecule has 0 aliphatic carbocycles. The first-order valence-corrected chi connectivity index (χ1v) is 10.7. The Morgan fingerprint density at radius 1 is 1.29 bits per heavy atom. The molecule has 0 fully saturated rings. The summed E-state index contributed by atoms with van der Waals surface area (Å²) in [7, 11) is -3.12. The molecule has 0 unspecified atom stereocenters. The largest absolute Gasteiger partial charge is 0.376 e. The van der Waals surface area contributed by atoms with Crippen molar-refractivity contribution in [2.45, 2.75) is 18.7 Å². The number of para-hydroxylation sites is 1. The third kappa shape index (κ3) is 4.15. The van der Waals surface area contributed by atoms with Crippen LogP contribution in [0.2, 0.25) is 0 Å². The number of nitrogens with one attached hydrogen (secondary N) is 1. The molecule has 0 saturated carbocycles. The summed E-state index contributed by atoms with van der Waals surface area (Å²) in [4.78, 5) is 15.7. The minimum Gasteiger partial charge on any atom is -0.376 e. The van der Waals surface area contributed by atoms with Gasteiger partial charge >= 0.3 is 0 Å². The quantitative estimate of drug-likeness (QED) is 0.884. The molecule has 2 aromatic rings. The monoisotopic (exact) mass is 364 g/mol. The highest BCUT2D eigenvalue weighted by Crippen LogP contribution is 2.24. The highest BCUT2D eigenvalue weighted by molar-refractivity contribution is 7.89. The number of thiophene rings is 1. The molecule has 1 aliphatic heterocycles. The number of nitrogens with zero attached hydrogens (tertiary/aromatic N) is 1. The maximum absolute atomic E-state index is 12.4. The van der Waals surface area contributed by atoms with Crippen molar-refractivity contribution in [1.82, 2.24) is 4.90 Å². The van der Waals surface area contributed by atoms with Gasteiger partial charge in [-0.05, 0) is 35.1 Å². The summed E-state index contributed by atoms with van der Waals surface area (Å²) in [5.74, 6) is -0.00666. The van der Waals surface area contributed by atoms with Crippen molar-refractivity contribution in [3.8, 4) is 0 Å². The van der Waals surface area contributed by atoms with Crippen LogP contribution >= 0.6 is 11.3 Å². The van der Waals surface area contributed by atoms with E-state index in [0.717, 1.165) is 13.0 Å². The number of benzene rings is 1. The van der Waals surface area contributed by atoms with Crippen molar-refractivity contribution < 1.29 is 13.2 Å². The van der Waals surface area contributed by atoms with Crippen LogP contribution in [-0.4, -0.2) is 38.6 Å². The van der Waals surface area contributed by atoms with Gasteiger partial charge in [-0.25, -0.2) is 8.42 Å². The van der Waals surface area contributed by atoms with Gasteiger partial charge in [0.05, 0.1) is 12.3 Å². The standard InChI is InChI=1S/C17H20N2O3S2/c1-24(21,22)12-14-4-2-3-5-15(14)18-10-17(20)19-8-6-16-13(11-19)7-9-23-16/h2-5,7,9,18H,6,8,10-12H2,1H3. The van der Waals surface area contributed by atoms with E-state index in [1.165, 1.54) is 16.7 Å². The zero-order chi connectivity index (χ0) is 17.2. The Morgan fingerprint density at radius 2 is 2.08 bits per heavy atom. The van der Waals surface area contributed by atoms with E-state index in [-0.39, 0.29) is 18.2 Å². The second kappa shape index (κ2) is 6.94. The smallest absolute Gasteiger partial charge is 0.242 e. The molecule has 128 valence electrons. The first-order valence-electron chi connectivity index (χ1n) is 7.75. The van der Waals surface area contributed by atoms with Crippen LogP contribution in [0.15, 0.2) is 35.7 Å². The van der Waals surface area contributed by atoms with Crippen molar-refractivity contribution >= 4 is 32.8 Å². The minimum absolute atomic E-state index is 0.0287. The molecule has 24 heavy (non-hydrogen) atoms. The highest BCUT2D eigenvalue weighted by atomic mass is 32.2. The van der Waals surface area contributed by atoms with Crippen LogP contribution in [0, 0.1) is 0 Å². The number of hydrogen-bond acceptors (Lipinski definition) is 5. The van der Waals surface area contributed by atoms with E-state index in [4.69, 9.17) is 0 Å². The van der Waals surface area contributed by atoms with Gasteiger partial charge in [0.15, 0.2) is 9.84 Å². The molecule has 7 heteroatoms. The summed E-state index contributed by atoms with van der Waals surface area (Å²) in [6.45, 7) is 1.56. The summed E-state index contributed by atoms with van der Waals surface area (Å²) in [5, 5.41) is 5.17. The van der Waals surface area contributed by atoms with E-state index in [1.54, 1.807) is 29.5 Å². The molecular formula is C17H20N2O3S2. The fourth-order valence-electron chi connectivity index (χ4n) is 2.85. The second-order valence-electron chi connectivity index (χ2n) is 6.02. The molecule has 0 radical (unpaired) electrons. The van der Waals surface area contributed by atoms with E-state index < -0.39 is 9.84 Å². The van der Waals surface area contributed by atoms with Gasteiger partial charge in [0.25, 0.3) is 0 Å². The maximum atomic E-state index is 12.4. The molecule has 2 heterocycles. The van der Waals surface area contributed by atoms with Crippen molar-refractivity contribution in [2.24, 2.45) is 0 Å². The molecule has 5 nitrogen and oxygen atoms in total. The van der Waals surface area contributed by atoms with Gasteiger partial charge in [0.2, 0.25) is 5.91 Å². The number of sulfone groups is 1.